The molecular formula is C12H20N2O4. The molecule has 0 aliphatic carbocycles. The topological polar surface area (TPSA) is 75.7 Å². The Kier molecular flexibility index (Phi) is 3.53. The van der Waals surface area contributed by atoms with Crippen molar-refractivity contribution in [3.8, 4) is 0 Å². The second-order valence-electron chi connectivity index (χ2n) is 5.57. The number of carbonyl (C=O) groups is 3. The molecule has 2 amide bonds. The van der Waals surface area contributed by atoms with Gasteiger partial charge in [0.15, 0.2) is 11.3 Å². The number of carbonyl (C=O) groups excluding carboxylic acids is 3. The van der Waals surface area contributed by atoms with Crippen molar-refractivity contribution in [3.05, 3.63) is 0 Å². The number of amides is 2. The SMILES string of the molecule is CN[C@]1(C)C(=O)[C@H](C)N(C(=O)OC(C)(C)C)C1=O. The maximum atomic E-state index is 12.1. The van der Waals surface area contributed by atoms with Gasteiger partial charge in [0, 0.05) is 0 Å². The van der Waals surface area contributed by atoms with Crippen LogP contribution in [-0.4, -0.2) is 46.9 Å². The van der Waals surface area contributed by atoms with Crippen LogP contribution < -0.4 is 5.32 Å². The summed E-state index contributed by atoms with van der Waals surface area (Å²) in [5.74, 6) is -0.905. The minimum atomic E-state index is -1.35. The fraction of sp³-hybridized carbons (Fsp3) is 0.750. The van der Waals surface area contributed by atoms with Gasteiger partial charge in [0.2, 0.25) is 0 Å². The Hall–Kier alpha value is -1.43. The zero-order chi connectivity index (χ0) is 14.3. The lowest BCUT2D eigenvalue weighted by Gasteiger charge is -2.25. The van der Waals surface area contributed by atoms with Gasteiger partial charge in [0.1, 0.15) is 11.6 Å². The highest BCUT2D eigenvalue weighted by Gasteiger charge is 2.56. The minimum absolute atomic E-state index is 0.333. The quantitative estimate of drug-likeness (QED) is 0.699. The van der Waals surface area contributed by atoms with Crippen LogP contribution in [0.25, 0.3) is 0 Å². The van der Waals surface area contributed by atoms with E-state index in [1.807, 2.05) is 0 Å². The average Bonchev–Trinajstić information content (AvgIpc) is 2.39. The lowest BCUT2D eigenvalue weighted by Crippen LogP contribution is -2.52. The molecule has 6 nitrogen and oxygen atoms in total. The molecule has 1 N–H and O–H groups in total. The van der Waals surface area contributed by atoms with Crippen molar-refractivity contribution in [1.29, 1.82) is 0 Å². The van der Waals surface area contributed by atoms with E-state index in [1.165, 1.54) is 20.9 Å². The van der Waals surface area contributed by atoms with Crippen LogP contribution in [0.1, 0.15) is 34.6 Å². The minimum Gasteiger partial charge on any atom is -0.443 e. The third-order valence-electron chi connectivity index (χ3n) is 3.00. The van der Waals surface area contributed by atoms with Crippen LogP contribution >= 0.6 is 0 Å². The van der Waals surface area contributed by atoms with E-state index in [9.17, 15) is 14.4 Å². The summed E-state index contributed by atoms with van der Waals surface area (Å²) in [4.78, 5) is 37.0. The van der Waals surface area contributed by atoms with Crippen molar-refractivity contribution >= 4 is 17.8 Å². The molecule has 0 unspecified atom stereocenters. The van der Waals surface area contributed by atoms with Crippen LogP contribution in [0.5, 0.6) is 0 Å². The Morgan fingerprint density at radius 1 is 1.39 bits per heavy atom. The van der Waals surface area contributed by atoms with Crippen molar-refractivity contribution in [2.45, 2.75) is 51.8 Å². The normalized spacial score (nSPS) is 28.8. The largest absolute Gasteiger partial charge is 0.443 e. The number of imide groups is 1. The molecule has 1 heterocycles. The monoisotopic (exact) mass is 256 g/mol. The van der Waals surface area contributed by atoms with Crippen molar-refractivity contribution in [3.63, 3.8) is 0 Å². The molecule has 0 saturated carbocycles. The van der Waals surface area contributed by atoms with Gasteiger partial charge in [-0.05, 0) is 41.7 Å². The maximum absolute atomic E-state index is 12.1. The predicted molar refractivity (Wildman–Crippen MR) is 65.0 cm³/mol. The highest BCUT2D eigenvalue weighted by atomic mass is 16.6. The molecule has 6 heteroatoms. The number of hydrogen-bond acceptors (Lipinski definition) is 5. The molecule has 2 atom stereocenters. The summed E-state index contributed by atoms with van der Waals surface area (Å²) in [6.45, 7) is 8.10. The number of ether oxygens (including phenoxy) is 1. The summed E-state index contributed by atoms with van der Waals surface area (Å²) in [6.07, 6.45) is -0.785. The first kappa shape index (κ1) is 14.6. The lowest BCUT2D eigenvalue weighted by atomic mass is 9.97. The second-order valence-corrected chi connectivity index (χ2v) is 5.57. The maximum Gasteiger partial charge on any atom is 0.417 e. The third-order valence-corrected chi connectivity index (χ3v) is 3.00. The van der Waals surface area contributed by atoms with Gasteiger partial charge < -0.3 is 10.1 Å². The summed E-state index contributed by atoms with van der Waals surface area (Å²) < 4.78 is 5.13. The summed E-state index contributed by atoms with van der Waals surface area (Å²) in [5.41, 5.74) is -2.06. The first-order chi connectivity index (χ1) is 8.04. The molecule has 1 fully saturated rings. The molecular weight excluding hydrogens is 236 g/mol. The average molecular weight is 256 g/mol. The summed E-state index contributed by atoms with van der Waals surface area (Å²) in [6, 6.07) is -0.815. The molecule has 1 aliphatic heterocycles. The fourth-order valence-electron chi connectivity index (χ4n) is 1.84. The highest BCUT2D eigenvalue weighted by molar-refractivity contribution is 6.22. The second kappa shape index (κ2) is 4.35. The number of rotatable bonds is 1. The van der Waals surface area contributed by atoms with Crippen molar-refractivity contribution in [2.75, 3.05) is 7.05 Å². The number of hydrogen-bond donors (Lipinski definition) is 1. The first-order valence-corrected chi connectivity index (χ1v) is 5.84. The Morgan fingerprint density at radius 3 is 2.22 bits per heavy atom. The smallest absolute Gasteiger partial charge is 0.417 e. The van der Waals surface area contributed by atoms with E-state index < -0.39 is 29.2 Å². The van der Waals surface area contributed by atoms with Crippen molar-refractivity contribution < 1.29 is 19.1 Å². The van der Waals surface area contributed by atoms with Gasteiger partial charge in [-0.15, -0.1) is 0 Å². The van der Waals surface area contributed by atoms with E-state index in [-0.39, 0.29) is 5.78 Å². The zero-order valence-electron chi connectivity index (χ0n) is 11.7. The van der Waals surface area contributed by atoms with Gasteiger partial charge in [-0.3, -0.25) is 9.59 Å². The van der Waals surface area contributed by atoms with Crippen LogP contribution in [0, 0.1) is 0 Å². The molecule has 0 aromatic carbocycles. The number of ketones is 1. The van der Waals surface area contributed by atoms with Crippen LogP contribution in [0.15, 0.2) is 0 Å². The summed E-state index contributed by atoms with van der Waals surface area (Å²) in [7, 11) is 1.51. The molecule has 0 aromatic rings. The van der Waals surface area contributed by atoms with E-state index >= 15 is 0 Å². The highest BCUT2D eigenvalue weighted by Crippen LogP contribution is 2.26. The first-order valence-electron chi connectivity index (χ1n) is 5.84. The fourth-order valence-corrected chi connectivity index (χ4v) is 1.84. The third kappa shape index (κ3) is 2.25. The van der Waals surface area contributed by atoms with E-state index in [2.05, 4.69) is 5.32 Å². The number of likely N-dealkylation sites (N-methyl/N-ethyl adjacent to an activating group) is 1. The van der Waals surface area contributed by atoms with Gasteiger partial charge >= 0.3 is 6.09 Å². The Bertz CT molecular complexity index is 399. The summed E-state index contributed by atoms with van der Waals surface area (Å²) in [5, 5.41) is 2.67. The molecule has 1 aliphatic rings. The standard InChI is InChI=1S/C12H20N2O4/c1-7-8(15)12(5,13-6)9(16)14(7)10(17)18-11(2,3)4/h7,13H,1-6H3/t7-,12+/m0/s1. The van der Waals surface area contributed by atoms with Crippen LogP contribution in [-0.2, 0) is 14.3 Å². The molecule has 0 bridgehead atoms. The molecule has 102 valence electrons. The molecule has 1 saturated heterocycles. The van der Waals surface area contributed by atoms with Gasteiger partial charge in [-0.1, -0.05) is 0 Å². The molecule has 18 heavy (non-hydrogen) atoms. The van der Waals surface area contributed by atoms with Crippen LogP contribution in [0.4, 0.5) is 4.79 Å². The number of nitrogens with one attached hydrogen (secondary N) is 1. The predicted octanol–water partition coefficient (Wildman–Crippen LogP) is 0.699. The number of nitrogens with zero attached hydrogens (tertiary/aromatic N) is 1. The van der Waals surface area contributed by atoms with Crippen molar-refractivity contribution in [1.82, 2.24) is 10.2 Å². The van der Waals surface area contributed by atoms with Crippen molar-refractivity contribution in [2.24, 2.45) is 0 Å². The van der Waals surface area contributed by atoms with E-state index in [0.29, 0.717) is 0 Å². The Labute approximate surface area is 107 Å². The number of likely N-dealkylation sites (tertiary alicyclic amines) is 1. The van der Waals surface area contributed by atoms with Crippen LogP contribution in [0.2, 0.25) is 0 Å². The van der Waals surface area contributed by atoms with E-state index in [4.69, 9.17) is 4.74 Å². The van der Waals surface area contributed by atoms with Gasteiger partial charge in [0.05, 0.1) is 0 Å². The Morgan fingerprint density at radius 2 is 1.89 bits per heavy atom. The van der Waals surface area contributed by atoms with E-state index in [0.717, 1.165) is 4.90 Å². The lowest BCUT2D eigenvalue weighted by molar-refractivity contribution is -0.133. The molecule has 0 radical (unpaired) electrons. The van der Waals surface area contributed by atoms with Gasteiger partial charge in [0.25, 0.3) is 5.91 Å². The molecule has 0 aromatic heterocycles. The van der Waals surface area contributed by atoms with Crippen LogP contribution in [0.3, 0.4) is 0 Å². The van der Waals surface area contributed by atoms with Gasteiger partial charge in [-0.25, -0.2) is 9.69 Å². The molecule has 0 spiro atoms. The number of Topliss-reactive ketones (excluding diaryl/α,β-unsaturated/α-hetero) is 1. The molecule has 1 rings (SSSR count). The summed E-state index contributed by atoms with van der Waals surface area (Å²) >= 11 is 0. The van der Waals surface area contributed by atoms with E-state index in [1.54, 1.807) is 20.8 Å². The zero-order valence-corrected chi connectivity index (χ0v) is 11.7. The Balaban J connectivity index is 3.02. The van der Waals surface area contributed by atoms with Gasteiger partial charge in [-0.2, -0.15) is 0 Å².